The molecule has 1 aromatic rings. The van der Waals surface area contributed by atoms with Crippen LogP contribution in [0.1, 0.15) is 70.4 Å². The molecule has 1 saturated carbocycles. The molecular formula is C22H34O2S2. The van der Waals surface area contributed by atoms with Gasteiger partial charge in [0.25, 0.3) is 0 Å². The fourth-order valence-electron chi connectivity index (χ4n) is 3.72. The fourth-order valence-corrected chi connectivity index (χ4v) is 5.50. The minimum absolute atomic E-state index is 0.262. The first-order chi connectivity index (χ1) is 12.3. The summed E-state index contributed by atoms with van der Waals surface area (Å²) in [6, 6.07) is 8.92. The summed E-state index contributed by atoms with van der Waals surface area (Å²) in [6.07, 6.45) is 8.59. The lowest BCUT2D eigenvalue weighted by Gasteiger charge is -2.29. The molecule has 0 radical (unpaired) electrons. The summed E-state index contributed by atoms with van der Waals surface area (Å²) in [5, 5.41) is -0.262. The van der Waals surface area contributed by atoms with E-state index in [-0.39, 0.29) is 5.25 Å². The molecule has 0 aliphatic heterocycles. The molecule has 2 rings (SSSR count). The van der Waals surface area contributed by atoms with E-state index in [0.29, 0.717) is 17.6 Å². The van der Waals surface area contributed by atoms with Gasteiger partial charge in [0.2, 0.25) is 0 Å². The second kappa shape index (κ2) is 9.98. The number of rotatable bonds is 9. The van der Waals surface area contributed by atoms with Crippen molar-refractivity contribution in [3.63, 3.8) is 0 Å². The van der Waals surface area contributed by atoms with Crippen molar-refractivity contribution in [3.8, 4) is 0 Å². The monoisotopic (exact) mass is 394 g/mol. The molecule has 0 N–H and O–H groups in total. The van der Waals surface area contributed by atoms with Crippen molar-refractivity contribution in [2.75, 3.05) is 5.75 Å². The first-order valence-corrected chi connectivity index (χ1v) is 12.3. The summed E-state index contributed by atoms with van der Waals surface area (Å²) in [4.78, 5) is 1.15. The summed E-state index contributed by atoms with van der Waals surface area (Å²) in [6.45, 7) is 5.78. The molecule has 0 heterocycles. The van der Waals surface area contributed by atoms with Crippen LogP contribution in [0.3, 0.4) is 0 Å². The van der Waals surface area contributed by atoms with Crippen LogP contribution >= 0.6 is 12.2 Å². The third-order valence-corrected chi connectivity index (χ3v) is 8.56. The number of aryl methyl sites for hydroxylation is 1. The van der Waals surface area contributed by atoms with Crippen molar-refractivity contribution in [2.45, 2.75) is 77.4 Å². The summed E-state index contributed by atoms with van der Waals surface area (Å²) >= 11 is 5.73. The van der Waals surface area contributed by atoms with Crippen LogP contribution in [0.25, 0.3) is 0 Å². The zero-order valence-electron chi connectivity index (χ0n) is 16.5. The van der Waals surface area contributed by atoms with Gasteiger partial charge in [0.05, 0.1) is 11.0 Å². The molecule has 4 heteroatoms. The Labute approximate surface area is 165 Å². The quantitative estimate of drug-likeness (QED) is 0.513. The fraction of sp³-hybridized carbons (Fsp3) is 0.682. The second-order valence-corrected chi connectivity index (χ2v) is 11.3. The average Bonchev–Trinajstić information content (AvgIpc) is 2.61. The van der Waals surface area contributed by atoms with E-state index in [2.05, 4.69) is 31.2 Å². The molecule has 0 amide bonds. The van der Waals surface area contributed by atoms with Crippen LogP contribution in [0.15, 0.2) is 24.3 Å². The molecule has 2 nitrogen and oxygen atoms in total. The van der Waals surface area contributed by atoms with Crippen LogP contribution in [0.2, 0.25) is 0 Å². The molecule has 0 saturated heterocycles. The van der Waals surface area contributed by atoms with Gasteiger partial charge in [-0.2, -0.15) is 0 Å². The van der Waals surface area contributed by atoms with Gasteiger partial charge in [-0.3, -0.25) is 0 Å². The van der Waals surface area contributed by atoms with Crippen molar-refractivity contribution in [3.05, 3.63) is 35.4 Å². The first kappa shape index (κ1) is 21.6. The Morgan fingerprint density at radius 1 is 1.08 bits per heavy atom. The van der Waals surface area contributed by atoms with Crippen molar-refractivity contribution >= 4 is 26.9 Å². The number of unbranched alkanes of at least 4 members (excludes halogenated alkanes) is 1. The SMILES string of the molecule is CCCCc1ccc(CC(=S)C2CCC(CS(=O)(=O)C(C)C)CC2)cc1. The van der Waals surface area contributed by atoms with Crippen LogP contribution < -0.4 is 0 Å². The smallest absolute Gasteiger partial charge is 0.152 e. The minimum Gasteiger partial charge on any atom is -0.229 e. The topological polar surface area (TPSA) is 34.1 Å². The van der Waals surface area contributed by atoms with Gasteiger partial charge < -0.3 is 0 Å². The molecule has 1 fully saturated rings. The number of sulfone groups is 1. The van der Waals surface area contributed by atoms with E-state index in [9.17, 15) is 8.42 Å². The van der Waals surface area contributed by atoms with Gasteiger partial charge in [-0.1, -0.05) is 49.8 Å². The maximum Gasteiger partial charge on any atom is 0.152 e. The lowest BCUT2D eigenvalue weighted by atomic mass is 9.80. The Balaban J connectivity index is 1.81. The lowest BCUT2D eigenvalue weighted by molar-refractivity contribution is 0.344. The molecule has 0 unspecified atom stereocenters. The molecule has 0 spiro atoms. The molecule has 1 aromatic carbocycles. The summed E-state index contributed by atoms with van der Waals surface area (Å²) < 4.78 is 24.2. The highest BCUT2D eigenvalue weighted by Gasteiger charge is 2.28. The van der Waals surface area contributed by atoms with Crippen molar-refractivity contribution < 1.29 is 8.42 Å². The largest absolute Gasteiger partial charge is 0.229 e. The molecular weight excluding hydrogens is 360 g/mol. The van der Waals surface area contributed by atoms with E-state index in [1.54, 1.807) is 13.8 Å². The van der Waals surface area contributed by atoms with Gasteiger partial charge >= 0.3 is 0 Å². The maximum atomic E-state index is 12.1. The molecule has 1 aliphatic rings. The third kappa shape index (κ3) is 6.45. The Hall–Kier alpha value is -0.740. The summed E-state index contributed by atoms with van der Waals surface area (Å²) in [7, 11) is -2.93. The normalized spacial score (nSPS) is 21.1. The number of hydrogen-bond acceptors (Lipinski definition) is 3. The zero-order valence-corrected chi connectivity index (χ0v) is 18.2. The van der Waals surface area contributed by atoms with Gasteiger partial charge in [0.1, 0.15) is 0 Å². The third-order valence-electron chi connectivity index (χ3n) is 5.71. The Morgan fingerprint density at radius 3 is 2.19 bits per heavy atom. The summed E-state index contributed by atoms with van der Waals surface area (Å²) in [5.41, 5.74) is 2.72. The highest BCUT2D eigenvalue weighted by molar-refractivity contribution is 7.91. The Morgan fingerprint density at radius 2 is 1.65 bits per heavy atom. The van der Waals surface area contributed by atoms with Crippen LogP contribution in [0.4, 0.5) is 0 Å². The highest BCUT2D eigenvalue weighted by Crippen LogP contribution is 2.32. The predicted molar refractivity (Wildman–Crippen MR) is 116 cm³/mol. The second-order valence-electron chi connectivity index (χ2n) is 8.16. The van der Waals surface area contributed by atoms with Crippen LogP contribution in [0.5, 0.6) is 0 Å². The zero-order chi connectivity index (χ0) is 19.2. The molecule has 0 aromatic heterocycles. The van der Waals surface area contributed by atoms with E-state index in [1.807, 2.05) is 0 Å². The van der Waals surface area contributed by atoms with Gasteiger partial charge in [-0.25, -0.2) is 8.42 Å². The van der Waals surface area contributed by atoms with E-state index < -0.39 is 9.84 Å². The summed E-state index contributed by atoms with van der Waals surface area (Å²) in [5.74, 6) is 1.14. The molecule has 1 aliphatic carbocycles. The highest BCUT2D eigenvalue weighted by atomic mass is 32.2. The number of thiocarbonyl (C=S) groups is 1. The van der Waals surface area contributed by atoms with Crippen LogP contribution in [-0.2, 0) is 22.7 Å². The van der Waals surface area contributed by atoms with Crippen LogP contribution in [0, 0.1) is 11.8 Å². The Kier molecular flexibility index (Phi) is 8.28. The minimum atomic E-state index is -2.93. The Bertz CT molecular complexity index is 667. The molecule has 0 atom stereocenters. The van der Waals surface area contributed by atoms with Gasteiger partial charge in [0, 0.05) is 11.3 Å². The number of benzene rings is 1. The molecule has 0 bridgehead atoms. The maximum absolute atomic E-state index is 12.1. The number of hydrogen-bond donors (Lipinski definition) is 0. The first-order valence-electron chi connectivity index (χ1n) is 10.1. The molecule has 146 valence electrons. The lowest BCUT2D eigenvalue weighted by Crippen LogP contribution is -2.28. The van der Waals surface area contributed by atoms with Crippen molar-refractivity contribution in [1.29, 1.82) is 0 Å². The van der Waals surface area contributed by atoms with E-state index >= 15 is 0 Å². The molecule has 26 heavy (non-hydrogen) atoms. The standard InChI is InChI=1S/C22H34O2S2/c1-4-5-6-18-7-9-19(10-8-18)15-22(25)21-13-11-20(12-14-21)16-26(23,24)17(2)3/h7-10,17,20-21H,4-6,11-16H2,1-3H3. The van der Waals surface area contributed by atoms with Crippen molar-refractivity contribution in [1.82, 2.24) is 0 Å². The van der Waals surface area contributed by atoms with E-state index in [4.69, 9.17) is 12.2 Å². The van der Waals surface area contributed by atoms with E-state index in [0.717, 1.165) is 43.4 Å². The van der Waals surface area contributed by atoms with Crippen LogP contribution in [-0.4, -0.2) is 24.3 Å². The van der Waals surface area contributed by atoms with Gasteiger partial charge in [-0.15, -0.1) is 0 Å². The predicted octanol–water partition coefficient (Wildman–Crippen LogP) is 5.57. The van der Waals surface area contributed by atoms with Gasteiger partial charge in [-0.05, 0) is 75.3 Å². The van der Waals surface area contributed by atoms with E-state index in [1.165, 1.54) is 24.0 Å². The van der Waals surface area contributed by atoms with Crippen molar-refractivity contribution in [2.24, 2.45) is 11.8 Å². The average molecular weight is 395 g/mol. The van der Waals surface area contributed by atoms with Gasteiger partial charge in [0.15, 0.2) is 9.84 Å².